The molecule has 1 atom stereocenters. The summed E-state index contributed by atoms with van der Waals surface area (Å²) in [5, 5.41) is 3.91. The van der Waals surface area contributed by atoms with Crippen LogP contribution in [0.4, 0.5) is 0 Å². The molecule has 0 saturated heterocycles. The normalized spacial score (nSPS) is 14.2. The summed E-state index contributed by atoms with van der Waals surface area (Å²) in [6, 6.07) is 0. The van der Waals surface area contributed by atoms with Crippen molar-refractivity contribution in [2.24, 2.45) is 13.0 Å². The molecule has 1 heterocycles. The van der Waals surface area contributed by atoms with Crippen molar-refractivity contribution in [3.63, 3.8) is 0 Å². The van der Waals surface area contributed by atoms with Crippen molar-refractivity contribution in [1.82, 2.24) is 9.78 Å². The van der Waals surface area contributed by atoms with Gasteiger partial charge in [0.15, 0.2) is 5.75 Å². The molecule has 1 unspecified atom stereocenters. The molecule has 0 N–H and O–H groups in total. The Morgan fingerprint density at radius 3 is 2.50 bits per heavy atom. The molecule has 0 aliphatic rings. The average Bonchev–Trinajstić information content (AvgIpc) is 2.40. The smallest absolute Gasteiger partial charge is 0.381 e. The fraction of sp³-hybridized carbons (Fsp3) is 0.692. The number of rotatable bonds is 8. The fourth-order valence-electron chi connectivity index (χ4n) is 1.45. The predicted octanol–water partition coefficient (Wildman–Crippen LogP) is 2.49. The van der Waals surface area contributed by atoms with Crippen LogP contribution in [-0.4, -0.2) is 29.6 Å². The zero-order valence-corrected chi connectivity index (χ0v) is 15.4. The monoisotopic (exact) mass is 350 g/mol. The van der Waals surface area contributed by atoms with Crippen LogP contribution < -0.4 is 14.8 Å². The lowest BCUT2D eigenvalue weighted by molar-refractivity contribution is 0.153. The largest absolute Gasteiger partial charge is 0.488 e. The highest BCUT2D eigenvalue weighted by molar-refractivity contribution is 8.07. The molecule has 0 fully saturated rings. The van der Waals surface area contributed by atoms with Gasteiger partial charge in [0.05, 0.1) is 26.0 Å². The van der Waals surface area contributed by atoms with Crippen LogP contribution in [0.2, 0.25) is 0 Å². The molecular weight excluding hydrogens is 327 g/mol. The SMILES string of the molecule is COc1c(OP(=S)(OCC(C)C)OC(C)C)cnn(C)c1=O. The van der Waals surface area contributed by atoms with E-state index in [4.69, 9.17) is 30.1 Å². The lowest BCUT2D eigenvalue weighted by Gasteiger charge is -2.25. The molecule has 0 radical (unpaired) electrons. The van der Waals surface area contributed by atoms with Gasteiger partial charge in [-0.3, -0.25) is 13.8 Å². The van der Waals surface area contributed by atoms with Crippen LogP contribution in [0.3, 0.4) is 0 Å². The Morgan fingerprint density at radius 1 is 1.36 bits per heavy atom. The third-order valence-corrected chi connectivity index (χ3v) is 4.74. The standard InChI is InChI=1S/C13H23N2O5PS/c1-9(2)8-18-21(22,19-10(3)4)20-11-7-14-15(5)13(16)12(11)17-6/h7,9-10H,8H2,1-6H3. The Labute approximate surface area is 135 Å². The van der Waals surface area contributed by atoms with E-state index in [2.05, 4.69) is 5.10 Å². The van der Waals surface area contributed by atoms with E-state index in [9.17, 15) is 4.79 Å². The first kappa shape index (κ1) is 19.1. The minimum Gasteiger partial charge on any atom is -0.488 e. The van der Waals surface area contributed by atoms with Gasteiger partial charge in [-0.15, -0.1) is 0 Å². The molecule has 1 aromatic heterocycles. The van der Waals surface area contributed by atoms with Gasteiger partial charge >= 0.3 is 12.3 Å². The quantitative estimate of drug-likeness (QED) is 0.667. The van der Waals surface area contributed by atoms with Gasteiger partial charge in [0.25, 0.3) is 0 Å². The van der Waals surface area contributed by atoms with Gasteiger partial charge in [0.1, 0.15) is 0 Å². The van der Waals surface area contributed by atoms with Crippen LogP contribution in [0, 0.1) is 5.92 Å². The zero-order valence-electron chi connectivity index (χ0n) is 13.7. The van der Waals surface area contributed by atoms with E-state index in [-0.39, 0.29) is 23.5 Å². The summed E-state index contributed by atoms with van der Waals surface area (Å²) in [6.45, 7) is 5.00. The van der Waals surface area contributed by atoms with Crippen LogP contribution in [-0.2, 0) is 27.9 Å². The number of aromatic nitrogens is 2. The summed E-state index contributed by atoms with van der Waals surface area (Å²) in [4.78, 5) is 12.0. The van der Waals surface area contributed by atoms with Crippen LogP contribution >= 0.6 is 6.72 Å². The van der Waals surface area contributed by atoms with E-state index in [1.807, 2.05) is 27.7 Å². The number of ether oxygens (including phenoxy) is 1. The van der Waals surface area contributed by atoms with Crippen molar-refractivity contribution in [3.05, 3.63) is 16.6 Å². The maximum absolute atomic E-state index is 12.0. The number of nitrogens with zero attached hydrogens (tertiary/aromatic N) is 2. The van der Waals surface area contributed by atoms with Crippen molar-refractivity contribution >= 4 is 18.5 Å². The summed E-state index contributed by atoms with van der Waals surface area (Å²) in [7, 11) is 2.90. The van der Waals surface area contributed by atoms with Gasteiger partial charge in [-0.1, -0.05) is 13.8 Å². The van der Waals surface area contributed by atoms with Crippen LogP contribution in [0.25, 0.3) is 0 Å². The highest BCUT2D eigenvalue weighted by Crippen LogP contribution is 2.52. The molecule has 7 nitrogen and oxygen atoms in total. The van der Waals surface area contributed by atoms with Crippen molar-refractivity contribution in [1.29, 1.82) is 0 Å². The van der Waals surface area contributed by atoms with Crippen molar-refractivity contribution in [3.8, 4) is 11.5 Å². The summed E-state index contributed by atoms with van der Waals surface area (Å²) < 4.78 is 23.3. The Morgan fingerprint density at radius 2 is 2.00 bits per heavy atom. The van der Waals surface area contributed by atoms with Gasteiger partial charge in [-0.2, -0.15) is 5.10 Å². The highest BCUT2D eigenvalue weighted by atomic mass is 32.5. The van der Waals surface area contributed by atoms with Gasteiger partial charge in [0, 0.05) is 18.9 Å². The molecule has 0 aromatic carbocycles. The first-order valence-electron chi connectivity index (χ1n) is 6.91. The highest BCUT2D eigenvalue weighted by Gasteiger charge is 2.27. The summed E-state index contributed by atoms with van der Waals surface area (Å²) in [6.07, 6.45) is 1.19. The van der Waals surface area contributed by atoms with Gasteiger partial charge < -0.3 is 9.26 Å². The average molecular weight is 350 g/mol. The van der Waals surface area contributed by atoms with Crippen LogP contribution in [0.15, 0.2) is 11.0 Å². The minimum atomic E-state index is -3.06. The first-order chi connectivity index (χ1) is 10.2. The topological polar surface area (TPSA) is 71.8 Å². The molecule has 1 rings (SSSR count). The third kappa shape index (κ3) is 5.35. The maximum Gasteiger partial charge on any atom is 0.381 e. The van der Waals surface area contributed by atoms with E-state index < -0.39 is 12.3 Å². The van der Waals surface area contributed by atoms with E-state index >= 15 is 0 Å². The number of aryl methyl sites for hydroxylation is 1. The second kappa shape index (κ2) is 8.06. The Bertz CT molecular complexity index is 603. The molecule has 0 amide bonds. The molecular formula is C13H23N2O5PS. The molecule has 0 bridgehead atoms. The fourth-order valence-corrected chi connectivity index (χ4v) is 3.92. The van der Waals surface area contributed by atoms with Gasteiger partial charge in [-0.25, -0.2) is 4.68 Å². The maximum atomic E-state index is 12.0. The number of hydrogen-bond acceptors (Lipinski definition) is 7. The first-order valence-corrected chi connectivity index (χ1v) is 9.47. The van der Waals surface area contributed by atoms with Crippen molar-refractivity contribution in [2.45, 2.75) is 33.8 Å². The number of hydrogen-bond donors (Lipinski definition) is 0. The molecule has 1 aromatic rings. The second-order valence-electron chi connectivity index (χ2n) is 5.35. The molecule has 0 aliphatic carbocycles. The lowest BCUT2D eigenvalue weighted by Crippen LogP contribution is -2.21. The predicted molar refractivity (Wildman–Crippen MR) is 88.0 cm³/mol. The van der Waals surface area contributed by atoms with E-state index in [0.717, 1.165) is 4.68 Å². The van der Waals surface area contributed by atoms with Crippen molar-refractivity contribution < 1.29 is 18.3 Å². The second-order valence-corrected chi connectivity index (χ2v) is 8.24. The van der Waals surface area contributed by atoms with Gasteiger partial charge in [0.2, 0.25) is 5.75 Å². The van der Waals surface area contributed by atoms with Gasteiger partial charge in [-0.05, 0) is 19.8 Å². The summed E-state index contributed by atoms with van der Waals surface area (Å²) in [5.74, 6) is 0.413. The van der Waals surface area contributed by atoms with Crippen LogP contribution in [0.1, 0.15) is 27.7 Å². The Kier molecular flexibility index (Phi) is 6.99. The molecule has 0 spiro atoms. The third-order valence-electron chi connectivity index (χ3n) is 2.38. The van der Waals surface area contributed by atoms with E-state index in [1.165, 1.54) is 20.4 Å². The lowest BCUT2D eigenvalue weighted by atomic mass is 10.2. The molecule has 126 valence electrons. The molecule has 9 heteroatoms. The molecule has 0 aliphatic heterocycles. The van der Waals surface area contributed by atoms with Crippen LogP contribution in [0.5, 0.6) is 11.5 Å². The Balaban J connectivity index is 3.11. The molecule has 22 heavy (non-hydrogen) atoms. The molecule has 0 saturated carbocycles. The Hall–Kier alpha value is -0.950. The zero-order chi connectivity index (χ0) is 16.9. The number of methoxy groups -OCH3 is 1. The summed E-state index contributed by atoms with van der Waals surface area (Å²) >= 11 is 5.41. The minimum absolute atomic E-state index is 0.0206. The van der Waals surface area contributed by atoms with E-state index in [0.29, 0.717) is 6.61 Å². The van der Waals surface area contributed by atoms with E-state index in [1.54, 1.807) is 0 Å². The van der Waals surface area contributed by atoms with Crippen molar-refractivity contribution in [2.75, 3.05) is 13.7 Å². The summed E-state index contributed by atoms with van der Waals surface area (Å²) in [5.41, 5.74) is -0.421.